The number of halogens is 1. The lowest BCUT2D eigenvalue weighted by atomic mass is 10.1. The summed E-state index contributed by atoms with van der Waals surface area (Å²) in [5.41, 5.74) is 3.23. The zero-order valence-electron chi connectivity index (χ0n) is 8.21. The molecule has 0 N–H and O–H groups in total. The first kappa shape index (κ1) is 9.06. The second-order valence-corrected chi connectivity index (χ2v) is 3.48. The van der Waals surface area contributed by atoms with Crippen LogP contribution in [0.4, 0.5) is 4.39 Å². The third-order valence-electron chi connectivity index (χ3n) is 2.23. The Kier molecular flexibility index (Phi) is 2.15. The maximum atomic E-state index is 13.3. The van der Waals surface area contributed by atoms with Gasteiger partial charge in [-0.05, 0) is 19.9 Å². The van der Waals surface area contributed by atoms with Crippen LogP contribution in [0.1, 0.15) is 24.6 Å². The minimum absolute atomic E-state index is 0.367. The summed E-state index contributed by atoms with van der Waals surface area (Å²) in [6.45, 7) is 3.74. The molecule has 2 rings (SSSR count). The summed E-state index contributed by atoms with van der Waals surface area (Å²) in [7, 11) is 0. The smallest absolute Gasteiger partial charge is 0.217 e. The lowest BCUT2D eigenvalue weighted by Gasteiger charge is -2.01. The molecule has 14 heavy (non-hydrogen) atoms. The van der Waals surface area contributed by atoms with Crippen LogP contribution in [0, 0.1) is 6.92 Å². The molecule has 3 heteroatoms. The van der Waals surface area contributed by atoms with Crippen molar-refractivity contribution in [2.75, 3.05) is 0 Å². The van der Waals surface area contributed by atoms with Crippen LogP contribution in [-0.4, -0.2) is 10.7 Å². The second-order valence-electron chi connectivity index (χ2n) is 3.48. The summed E-state index contributed by atoms with van der Waals surface area (Å²) in [6.07, 6.45) is 2.29. The Morgan fingerprint density at radius 3 is 2.57 bits per heavy atom. The van der Waals surface area contributed by atoms with Gasteiger partial charge in [0.2, 0.25) is 5.95 Å². The van der Waals surface area contributed by atoms with Gasteiger partial charge < -0.3 is 0 Å². The monoisotopic (exact) mass is 190 g/mol. The molecule has 1 aliphatic heterocycles. The van der Waals surface area contributed by atoms with Crippen molar-refractivity contribution in [1.29, 1.82) is 0 Å². The molecule has 0 atom stereocenters. The summed E-state index contributed by atoms with van der Waals surface area (Å²) < 4.78 is 13.3. The average Bonchev–Trinajstić information content (AvgIpc) is 2.47. The number of allylic oxidation sites excluding steroid dienone is 1. The minimum atomic E-state index is -0.367. The third kappa shape index (κ3) is 1.58. The van der Waals surface area contributed by atoms with E-state index in [0.717, 1.165) is 17.0 Å². The molecule has 0 saturated heterocycles. The van der Waals surface area contributed by atoms with Crippen LogP contribution < -0.4 is 0 Å². The molecular weight excluding hydrogens is 179 g/mol. The van der Waals surface area contributed by atoms with Crippen molar-refractivity contribution < 1.29 is 4.39 Å². The Labute approximate surface area is 82.2 Å². The van der Waals surface area contributed by atoms with Gasteiger partial charge in [0.05, 0.1) is 0 Å². The fourth-order valence-electron chi connectivity index (χ4n) is 1.47. The molecule has 0 spiro atoms. The standard InChI is InChI=1S/C11H11FN2/c1-7-3-4-9(6-13-7)10-5-8(2)14-11(10)12/h3-4,6H,5H2,1-2H3. The molecule has 0 fully saturated rings. The predicted octanol–water partition coefficient (Wildman–Crippen LogP) is 2.89. The summed E-state index contributed by atoms with van der Waals surface area (Å²) in [6, 6.07) is 3.76. The fraction of sp³-hybridized carbons (Fsp3) is 0.273. The van der Waals surface area contributed by atoms with E-state index in [1.165, 1.54) is 0 Å². The molecule has 1 aromatic rings. The van der Waals surface area contributed by atoms with Gasteiger partial charge >= 0.3 is 0 Å². The normalized spacial score (nSPS) is 16.1. The molecule has 0 aromatic carbocycles. The van der Waals surface area contributed by atoms with Crippen LogP contribution in [0.15, 0.2) is 29.3 Å². The predicted molar refractivity (Wildman–Crippen MR) is 54.7 cm³/mol. The van der Waals surface area contributed by atoms with Crippen molar-refractivity contribution in [2.45, 2.75) is 20.3 Å². The molecule has 1 aromatic heterocycles. The number of pyridine rings is 1. The highest BCUT2D eigenvalue weighted by Crippen LogP contribution is 2.29. The van der Waals surface area contributed by atoms with E-state index in [4.69, 9.17) is 0 Å². The molecule has 0 bridgehead atoms. The largest absolute Gasteiger partial charge is 0.261 e. The minimum Gasteiger partial charge on any atom is -0.261 e. The van der Waals surface area contributed by atoms with Crippen LogP contribution in [-0.2, 0) is 0 Å². The second kappa shape index (κ2) is 3.33. The Hall–Kier alpha value is -1.51. The van der Waals surface area contributed by atoms with E-state index >= 15 is 0 Å². The zero-order chi connectivity index (χ0) is 10.1. The first-order valence-electron chi connectivity index (χ1n) is 4.52. The highest BCUT2D eigenvalue weighted by atomic mass is 19.1. The van der Waals surface area contributed by atoms with E-state index < -0.39 is 0 Å². The quantitative estimate of drug-likeness (QED) is 0.625. The molecular formula is C11H11FN2. The van der Waals surface area contributed by atoms with Crippen LogP contribution >= 0.6 is 0 Å². The lowest BCUT2D eigenvalue weighted by Crippen LogP contribution is -1.90. The van der Waals surface area contributed by atoms with Crippen molar-refractivity contribution in [3.63, 3.8) is 0 Å². The lowest BCUT2D eigenvalue weighted by molar-refractivity contribution is 0.635. The van der Waals surface area contributed by atoms with Crippen LogP contribution in [0.2, 0.25) is 0 Å². The first-order chi connectivity index (χ1) is 6.66. The van der Waals surface area contributed by atoms with Crippen LogP contribution in [0.3, 0.4) is 0 Å². The topological polar surface area (TPSA) is 25.2 Å². The number of hydrogen-bond acceptors (Lipinski definition) is 2. The Morgan fingerprint density at radius 2 is 2.07 bits per heavy atom. The van der Waals surface area contributed by atoms with E-state index in [9.17, 15) is 4.39 Å². The van der Waals surface area contributed by atoms with Gasteiger partial charge in [0.25, 0.3) is 0 Å². The number of aryl methyl sites for hydroxylation is 1. The molecule has 0 saturated carbocycles. The van der Waals surface area contributed by atoms with Gasteiger partial charge in [0.1, 0.15) is 0 Å². The molecule has 0 radical (unpaired) electrons. The number of aromatic nitrogens is 1. The van der Waals surface area contributed by atoms with Gasteiger partial charge in [0, 0.05) is 35.2 Å². The average molecular weight is 190 g/mol. The number of nitrogens with zero attached hydrogens (tertiary/aromatic N) is 2. The Bertz CT molecular complexity index is 415. The summed E-state index contributed by atoms with van der Waals surface area (Å²) in [5, 5.41) is 0. The van der Waals surface area contributed by atoms with E-state index in [1.54, 1.807) is 6.20 Å². The van der Waals surface area contributed by atoms with E-state index in [-0.39, 0.29) is 5.95 Å². The van der Waals surface area contributed by atoms with Crippen molar-refractivity contribution in [2.24, 2.45) is 4.99 Å². The Morgan fingerprint density at radius 1 is 1.29 bits per heavy atom. The van der Waals surface area contributed by atoms with Gasteiger partial charge in [-0.2, -0.15) is 4.39 Å². The van der Waals surface area contributed by atoms with Crippen molar-refractivity contribution in [3.05, 3.63) is 35.5 Å². The van der Waals surface area contributed by atoms with Crippen molar-refractivity contribution in [1.82, 2.24) is 4.98 Å². The van der Waals surface area contributed by atoms with E-state index in [0.29, 0.717) is 12.0 Å². The zero-order valence-corrected chi connectivity index (χ0v) is 8.21. The first-order valence-corrected chi connectivity index (χ1v) is 4.52. The van der Waals surface area contributed by atoms with Gasteiger partial charge in [-0.3, -0.25) is 4.98 Å². The number of hydrogen-bond donors (Lipinski definition) is 0. The van der Waals surface area contributed by atoms with Gasteiger partial charge in [0.15, 0.2) is 0 Å². The van der Waals surface area contributed by atoms with Gasteiger partial charge in [-0.1, -0.05) is 6.07 Å². The molecule has 0 amide bonds. The number of aliphatic imine (C=N–C) groups is 1. The molecule has 0 aliphatic carbocycles. The summed E-state index contributed by atoms with van der Waals surface area (Å²) >= 11 is 0. The molecule has 1 aliphatic rings. The summed E-state index contributed by atoms with van der Waals surface area (Å²) in [5.74, 6) is -0.367. The third-order valence-corrected chi connectivity index (χ3v) is 2.23. The SMILES string of the molecule is CC1=NC(F)=C(c2ccc(C)nc2)C1. The van der Waals surface area contributed by atoms with Crippen molar-refractivity contribution in [3.8, 4) is 0 Å². The molecule has 0 unspecified atom stereocenters. The maximum absolute atomic E-state index is 13.3. The van der Waals surface area contributed by atoms with Crippen LogP contribution in [0.25, 0.3) is 5.57 Å². The summed E-state index contributed by atoms with van der Waals surface area (Å²) in [4.78, 5) is 7.90. The molecule has 72 valence electrons. The van der Waals surface area contributed by atoms with E-state index in [2.05, 4.69) is 9.98 Å². The van der Waals surface area contributed by atoms with Gasteiger partial charge in [-0.15, -0.1) is 0 Å². The van der Waals surface area contributed by atoms with Gasteiger partial charge in [-0.25, -0.2) is 4.99 Å². The highest BCUT2D eigenvalue weighted by molar-refractivity contribution is 5.97. The molecule has 2 heterocycles. The molecule has 2 nitrogen and oxygen atoms in total. The van der Waals surface area contributed by atoms with E-state index in [1.807, 2.05) is 26.0 Å². The Balaban J connectivity index is 2.35. The highest BCUT2D eigenvalue weighted by Gasteiger charge is 2.16. The van der Waals surface area contributed by atoms with Crippen LogP contribution in [0.5, 0.6) is 0 Å². The number of rotatable bonds is 1. The van der Waals surface area contributed by atoms with Crippen molar-refractivity contribution >= 4 is 11.3 Å². The fourth-order valence-corrected chi connectivity index (χ4v) is 1.47. The maximum Gasteiger partial charge on any atom is 0.217 e.